The summed E-state index contributed by atoms with van der Waals surface area (Å²) in [6.45, 7) is 12.4. The van der Waals surface area contributed by atoms with Crippen molar-refractivity contribution >= 4 is 6.03 Å². The Balaban J connectivity index is 2.30. The SMILES string of the molecule is CC(CCO)CNC(=O)NCC(C)(C)N1CCCC(C)C1. The second-order valence-electron chi connectivity index (χ2n) is 7.19. The third-order valence-corrected chi connectivity index (χ3v) is 4.43. The van der Waals surface area contributed by atoms with Crippen LogP contribution in [-0.4, -0.2) is 54.4 Å². The van der Waals surface area contributed by atoms with Gasteiger partial charge in [0, 0.05) is 31.8 Å². The lowest BCUT2D eigenvalue weighted by molar-refractivity contribution is 0.0724. The van der Waals surface area contributed by atoms with Gasteiger partial charge in [-0.1, -0.05) is 13.8 Å². The van der Waals surface area contributed by atoms with Gasteiger partial charge in [0.15, 0.2) is 0 Å². The molecule has 1 aliphatic heterocycles. The minimum Gasteiger partial charge on any atom is -0.396 e. The third-order valence-electron chi connectivity index (χ3n) is 4.43. The second kappa shape index (κ2) is 8.59. The van der Waals surface area contributed by atoms with E-state index in [1.165, 1.54) is 12.8 Å². The van der Waals surface area contributed by atoms with Crippen molar-refractivity contribution in [1.29, 1.82) is 0 Å². The van der Waals surface area contributed by atoms with Gasteiger partial charge in [0.1, 0.15) is 0 Å². The molecule has 0 saturated carbocycles. The molecule has 0 radical (unpaired) electrons. The first-order valence-electron chi connectivity index (χ1n) is 8.22. The zero-order valence-electron chi connectivity index (χ0n) is 14.1. The standard InChI is InChI=1S/C16H33N3O2/c1-13(7-9-20)10-17-15(21)18-12-16(3,4)19-8-5-6-14(2)11-19/h13-14,20H,5-12H2,1-4H3,(H2,17,18,21). The van der Waals surface area contributed by atoms with E-state index in [4.69, 9.17) is 5.11 Å². The Morgan fingerprint density at radius 2 is 2.14 bits per heavy atom. The summed E-state index contributed by atoms with van der Waals surface area (Å²) in [5, 5.41) is 14.7. The predicted molar refractivity (Wildman–Crippen MR) is 86.3 cm³/mol. The first-order valence-corrected chi connectivity index (χ1v) is 8.22. The van der Waals surface area contributed by atoms with Gasteiger partial charge >= 0.3 is 6.03 Å². The number of piperidine rings is 1. The van der Waals surface area contributed by atoms with E-state index >= 15 is 0 Å². The summed E-state index contributed by atoms with van der Waals surface area (Å²) in [5.41, 5.74) is -0.0112. The first kappa shape index (κ1) is 18.2. The van der Waals surface area contributed by atoms with Gasteiger partial charge in [0.2, 0.25) is 0 Å². The van der Waals surface area contributed by atoms with Crippen molar-refractivity contribution in [2.45, 2.75) is 52.5 Å². The molecule has 124 valence electrons. The number of aliphatic hydroxyl groups is 1. The minimum absolute atomic E-state index is 0.0112. The highest BCUT2D eigenvalue weighted by Gasteiger charge is 2.30. The zero-order valence-corrected chi connectivity index (χ0v) is 14.1. The number of nitrogens with zero attached hydrogens (tertiary/aromatic N) is 1. The van der Waals surface area contributed by atoms with Crippen LogP contribution in [0.25, 0.3) is 0 Å². The monoisotopic (exact) mass is 299 g/mol. The van der Waals surface area contributed by atoms with E-state index in [1.54, 1.807) is 0 Å². The molecule has 1 heterocycles. The van der Waals surface area contributed by atoms with Crippen molar-refractivity contribution in [2.75, 3.05) is 32.8 Å². The van der Waals surface area contributed by atoms with Crippen molar-refractivity contribution in [1.82, 2.24) is 15.5 Å². The number of nitrogens with one attached hydrogen (secondary N) is 2. The van der Waals surface area contributed by atoms with E-state index in [9.17, 15) is 4.79 Å². The largest absolute Gasteiger partial charge is 0.396 e. The van der Waals surface area contributed by atoms with Crippen molar-refractivity contribution in [3.8, 4) is 0 Å². The zero-order chi connectivity index (χ0) is 15.9. The van der Waals surface area contributed by atoms with Crippen LogP contribution in [0.2, 0.25) is 0 Å². The molecular weight excluding hydrogens is 266 g/mol. The summed E-state index contributed by atoms with van der Waals surface area (Å²) in [4.78, 5) is 14.3. The van der Waals surface area contributed by atoms with Crippen LogP contribution < -0.4 is 10.6 Å². The number of aliphatic hydroxyl groups excluding tert-OH is 1. The maximum Gasteiger partial charge on any atom is 0.314 e. The lowest BCUT2D eigenvalue weighted by atomic mass is 9.93. The van der Waals surface area contributed by atoms with Gasteiger partial charge in [-0.15, -0.1) is 0 Å². The number of carbonyl (C=O) groups excluding carboxylic acids is 1. The minimum atomic E-state index is -0.113. The van der Waals surface area contributed by atoms with Crippen LogP contribution in [0.3, 0.4) is 0 Å². The Bertz CT molecular complexity index is 321. The smallest absolute Gasteiger partial charge is 0.314 e. The fourth-order valence-corrected chi connectivity index (χ4v) is 2.80. The van der Waals surface area contributed by atoms with Crippen LogP contribution in [0.1, 0.15) is 47.0 Å². The molecule has 1 rings (SSSR count). The molecule has 1 saturated heterocycles. The van der Waals surface area contributed by atoms with Crippen molar-refractivity contribution in [3.05, 3.63) is 0 Å². The number of rotatable bonds is 7. The summed E-state index contributed by atoms with van der Waals surface area (Å²) in [7, 11) is 0. The lowest BCUT2D eigenvalue weighted by Crippen LogP contribution is -2.55. The molecule has 3 N–H and O–H groups in total. The highest BCUT2D eigenvalue weighted by molar-refractivity contribution is 5.73. The molecule has 0 bridgehead atoms. The van der Waals surface area contributed by atoms with Crippen molar-refractivity contribution < 1.29 is 9.90 Å². The van der Waals surface area contributed by atoms with E-state index in [0.717, 1.165) is 25.4 Å². The molecule has 21 heavy (non-hydrogen) atoms. The molecule has 2 amide bonds. The van der Waals surface area contributed by atoms with Crippen LogP contribution in [-0.2, 0) is 0 Å². The van der Waals surface area contributed by atoms with E-state index < -0.39 is 0 Å². The maximum atomic E-state index is 11.8. The van der Waals surface area contributed by atoms with E-state index in [2.05, 4.69) is 36.3 Å². The van der Waals surface area contributed by atoms with Crippen molar-refractivity contribution in [3.63, 3.8) is 0 Å². The van der Waals surface area contributed by atoms with Gasteiger partial charge in [0.05, 0.1) is 0 Å². The van der Waals surface area contributed by atoms with Crippen LogP contribution in [0.5, 0.6) is 0 Å². The number of urea groups is 1. The van der Waals surface area contributed by atoms with Crippen LogP contribution in [0.15, 0.2) is 0 Å². The molecule has 5 heteroatoms. The maximum absolute atomic E-state index is 11.8. The molecule has 1 fully saturated rings. The second-order valence-corrected chi connectivity index (χ2v) is 7.19. The molecule has 0 aromatic heterocycles. The van der Waals surface area contributed by atoms with Crippen LogP contribution >= 0.6 is 0 Å². The third kappa shape index (κ3) is 6.66. The Labute approximate surface area is 129 Å². The quantitative estimate of drug-likeness (QED) is 0.672. The number of hydrogen-bond acceptors (Lipinski definition) is 3. The summed E-state index contributed by atoms with van der Waals surface area (Å²) in [6.07, 6.45) is 3.27. The van der Waals surface area contributed by atoms with E-state index in [-0.39, 0.29) is 18.2 Å². The van der Waals surface area contributed by atoms with Gasteiger partial charge in [-0.25, -0.2) is 4.79 Å². The molecule has 2 atom stereocenters. The Kier molecular flexibility index (Phi) is 7.46. The number of hydrogen-bond donors (Lipinski definition) is 3. The predicted octanol–water partition coefficient (Wildman–Crippen LogP) is 1.81. The Morgan fingerprint density at radius 3 is 2.76 bits per heavy atom. The van der Waals surface area contributed by atoms with Gasteiger partial charge in [-0.2, -0.15) is 0 Å². The topological polar surface area (TPSA) is 64.6 Å². The number of likely N-dealkylation sites (tertiary alicyclic amines) is 1. The summed E-state index contributed by atoms with van der Waals surface area (Å²) < 4.78 is 0. The molecule has 0 spiro atoms. The molecular formula is C16H33N3O2. The van der Waals surface area contributed by atoms with Crippen molar-refractivity contribution in [2.24, 2.45) is 11.8 Å². The Morgan fingerprint density at radius 1 is 1.43 bits per heavy atom. The highest BCUT2D eigenvalue weighted by Crippen LogP contribution is 2.23. The first-order chi connectivity index (χ1) is 9.85. The average molecular weight is 299 g/mol. The number of amides is 2. The van der Waals surface area contributed by atoms with Crippen LogP contribution in [0, 0.1) is 11.8 Å². The molecule has 0 aliphatic carbocycles. The molecule has 0 aromatic carbocycles. The van der Waals surface area contributed by atoms with Gasteiger partial charge in [-0.3, -0.25) is 4.90 Å². The molecule has 0 aromatic rings. The fourth-order valence-electron chi connectivity index (χ4n) is 2.80. The van der Waals surface area contributed by atoms with Gasteiger partial charge in [-0.05, 0) is 51.5 Å². The Hall–Kier alpha value is -0.810. The van der Waals surface area contributed by atoms with Gasteiger partial charge in [0.25, 0.3) is 0 Å². The van der Waals surface area contributed by atoms with E-state index in [1.807, 2.05) is 6.92 Å². The van der Waals surface area contributed by atoms with Crippen LogP contribution in [0.4, 0.5) is 4.79 Å². The average Bonchev–Trinajstić information content (AvgIpc) is 2.43. The summed E-state index contributed by atoms with van der Waals surface area (Å²) in [5.74, 6) is 1.04. The normalized spacial score (nSPS) is 21.9. The lowest BCUT2D eigenvalue weighted by Gasteiger charge is -2.43. The highest BCUT2D eigenvalue weighted by atomic mass is 16.3. The summed E-state index contributed by atoms with van der Waals surface area (Å²) >= 11 is 0. The summed E-state index contributed by atoms with van der Waals surface area (Å²) in [6, 6.07) is -0.113. The van der Waals surface area contributed by atoms with Gasteiger partial charge < -0.3 is 15.7 Å². The van der Waals surface area contributed by atoms with E-state index in [0.29, 0.717) is 19.0 Å². The number of carbonyl (C=O) groups is 1. The fraction of sp³-hybridized carbons (Fsp3) is 0.938. The molecule has 5 nitrogen and oxygen atoms in total. The molecule has 2 unspecified atom stereocenters. The molecule has 1 aliphatic rings.